The van der Waals surface area contributed by atoms with E-state index in [1.165, 1.54) is 22.3 Å². The lowest BCUT2D eigenvalue weighted by Gasteiger charge is -2.17. The van der Waals surface area contributed by atoms with E-state index in [0.29, 0.717) is 27.7 Å². The molecule has 8 heteroatoms. The highest BCUT2D eigenvalue weighted by Gasteiger charge is 2.37. The largest absolute Gasteiger partial charge is 0.481 e. The van der Waals surface area contributed by atoms with Gasteiger partial charge in [-0.2, -0.15) is 0 Å². The van der Waals surface area contributed by atoms with Crippen LogP contribution >= 0.6 is 22.9 Å². The van der Waals surface area contributed by atoms with Crippen molar-refractivity contribution in [1.82, 2.24) is 4.90 Å². The molecule has 3 rings (SSSR count). The number of aliphatic carboxylic acids is 1. The molecule has 2 aromatic rings. The molecule has 0 radical (unpaired) electrons. The number of carboxylic acid groups (broad SMARTS) is 1. The molecule has 2 amide bonds. The third kappa shape index (κ3) is 3.73. The van der Waals surface area contributed by atoms with Crippen molar-refractivity contribution in [2.75, 3.05) is 18.4 Å². The Morgan fingerprint density at radius 1 is 1.27 bits per heavy atom. The summed E-state index contributed by atoms with van der Waals surface area (Å²) in [6.45, 7) is 2.38. The predicted octanol–water partition coefficient (Wildman–Crippen LogP) is 3.45. The molecule has 0 saturated carbocycles. The van der Waals surface area contributed by atoms with Crippen LogP contribution in [0.1, 0.15) is 27.0 Å². The minimum Gasteiger partial charge on any atom is -0.481 e. The van der Waals surface area contributed by atoms with Crippen LogP contribution in [0.4, 0.5) is 5.69 Å². The molecule has 1 aromatic heterocycles. The van der Waals surface area contributed by atoms with Gasteiger partial charge in [0.05, 0.1) is 21.5 Å². The maximum absolute atomic E-state index is 12.7. The van der Waals surface area contributed by atoms with Crippen molar-refractivity contribution < 1.29 is 19.5 Å². The van der Waals surface area contributed by atoms with Crippen LogP contribution in [-0.4, -0.2) is 40.9 Å². The maximum Gasteiger partial charge on any atom is 0.308 e. The van der Waals surface area contributed by atoms with E-state index in [1.807, 2.05) is 6.92 Å². The predicted molar refractivity (Wildman–Crippen MR) is 99.9 cm³/mol. The molecule has 2 N–H and O–H groups in total. The lowest BCUT2D eigenvalue weighted by molar-refractivity contribution is -0.142. The molecule has 1 fully saturated rings. The third-order valence-electron chi connectivity index (χ3n) is 4.42. The van der Waals surface area contributed by atoms with E-state index in [-0.39, 0.29) is 24.3 Å². The van der Waals surface area contributed by atoms with Gasteiger partial charge in [0.15, 0.2) is 0 Å². The van der Waals surface area contributed by atoms with E-state index in [0.717, 1.165) is 0 Å². The smallest absolute Gasteiger partial charge is 0.308 e. The number of nitrogens with zero attached hydrogens (tertiary/aromatic N) is 1. The van der Waals surface area contributed by atoms with Gasteiger partial charge in [0.2, 0.25) is 0 Å². The fraction of sp³-hybridized carbons (Fsp3) is 0.278. The molecule has 0 unspecified atom stereocenters. The van der Waals surface area contributed by atoms with Crippen molar-refractivity contribution in [2.45, 2.75) is 6.92 Å². The zero-order valence-corrected chi connectivity index (χ0v) is 15.5. The normalized spacial score (nSPS) is 19.4. The Labute approximate surface area is 159 Å². The molecule has 1 saturated heterocycles. The first kappa shape index (κ1) is 18.4. The Balaban J connectivity index is 1.78. The number of likely N-dealkylation sites (tertiary alicyclic amines) is 1. The van der Waals surface area contributed by atoms with E-state index < -0.39 is 11.9 Å². The van der Waals surface area contributed by atoms with Crippen LogP contribution < -0.4 is 5.32 Å². The number of amides is 2. The van der Waals surface area contributed by atoms with Crippen molar-refractivity contribution in [2.24, 2.45) is 11.8 Å². The summed E-state index contributed by atoms with van der Waals surface area (Å²) < 4.78 is 0. The second-order valence-corrected chi connectivity index (χ2v) is 7.61. The molecule has 0 aliphatic carbocycles. The first-order valence-corrected chi connectivity index (χ1v) is 9.29. The van der Waals surface area contributed by atoms with Crippen molar-refractivity contribution in [3.05, 3.63) is 51.2 Å². The van der Waals surface area contributed by atoms with Crippen LogP contribution in [0, 0.1) is 11.8 Å². The topological polar surface area (TPSA) is 86.7 Å². The van der Waals surface area contributed by atoms with Crippen LogP contribution in [0.2, 0.25) is 5.02 Å². The van der Waals surface area contributed by atoms with Gasteiger partial charge in [0.1, 0.15) is 0 Å². The summed E-state index contributed by atoms with van der Waals surface area (Å²) in [5.41, 5.74) is 0.701. The summed E-state index contributed by atoms with van der Waals surface area (Å²) in [5, 5.41) is 14.1. The molecule has 26 heavy (non-hydrogen) atoms. The number of thiophene rings is 1. The number of hydrogen-bond acceptors (Lipinski definition) is 4. The fourth-order valence-electron chi connectivity index (χ4n) is 2.98. The zero-order valence-electron chi connectivity index (χ0n) is 13.9. The van der Waals surface area contributed by atoms with Crippen LogP contribution in [-0.2, 0) is 4.79 Å². The van der Waals surface area contributed by atoms with Crippen molar-refractivity contribution in [3.8, 4) is 0 Å². The average molecular weight is 393 g/mol. The lowest BCUT2D eigenvalue weighted by atomic mass is 9.99. The SMILES string of the molecule is C[C@@H]1CN(C(=O)c2ccc(Cl)c(NC(=O)c3cccs3)c2)C[C@H]1C(=O)O. The second kappa shape index (κ2) is 7.47. The van der Waals surface area contributed by atoms with E-state index >= 15 is 0 Å². The monoisotopic (exact) mass is 392 g/mol. The molecular weight excluding hydrogens is 376 g/mol. The summed E-state index contributed by atoms with van der Waals surface area (Å²) in [6.07, 6.45) is 0. The number of anilines is 1. The van der Waals surface area contributed by atoms with Crippen LogP contribution in [0.15, 0.2) is 35.7 Å². The number of carbonyl (C=O) groups is 3. The van der Waals surface area contributed by atoms with Gasteiger partial charge in [-0.3, -0.25) is 14.4 Å². The average Bonchev–Trinajstić information content (AvgIpc) is 3.25. The maximum atomic E-state index is 12.7. The minimum atomic E-state index is -0.896. The molecule has 6 nitrogen and oxygen atoms in total. The molecule has 2 heterocycles. The number of carbonyl (C=O) groups excluding carboxylic acids is 2. The third-order valence-corrected chi connectivity index (χ3v) is 5.62. The molecule has 1 aliphatic rings. The standard InChI is InChI=1S/C18H17ClN2O4S/c1-10-8-21(9-12(10)18(24)25)17(23)11-4-5-13(19)14(7-11)20-16(22)15-3-2-6-26-15/h2-7,10,12H,8-9H2,1H3,(H,20,22)(H,24,25)/t10-,12-/m1/s1. The summed E-state index contributed by atoms with van der Waals surface area (Å²) >= 11 is 7.44. The van der Waals surface area contributed by atoms with Gasteiger partial charge in [-0.15, -0.1) is 11.3 Å². The Hall–Kier alpha value is -2.38. The molecule has 1 aromatic carbocycles. The molecule has 1 aliphatic heterocycles. The number of rotatable bonds is 4. The van der Waals surface area contributed by atoms with Crippen LogP contribution in [0.3, 0.4) is 0 Å². The van der Waals surface area contributed by atoms with E-state index in [2.05, 4.69) is 5.32 Å². The first-order valence-electron chi connectivity index (χ1n) is 8.03. The van der Waals surface area contributed by atoms with Gasteiger partial charge in [-0.05, 0) is 35.6 Å². The fourth-order valence-corrected chi connectivity index (χ4v) is 3.77. The van der Waals surface area contributed by atoms with Crippen molar-refractivity contribution >= 4 is 46.4 Å². The summed E-state index contributed by atoms with van der Waals surface area (Å²) in [6, 6.07) is 8.11. The zero-order chi connectivity index (χ0) is 18.8. The Kier molecular flexibility index (Phi) is 5.29. The van der Waals surface area contributed by atoms with Gasteiger partial charge < -0.3 is 15.3 Å². The van der Waals surface area contributed by atoms with Crippen LogP contribution in [0.5, 0.6) is 0 Å². The highest BCUT2D eigenvalue weighted by Crippen LogP contribution is 2.28. The Morgan fingerprint density at radius 2 is 2.04 bits per heavy atom. The Morgan fingerprint density at radius 3 is 2.65 bits per heavy atom. The Bertz CT molecular complexity index is 853. The summed E-state index contributed by atoms with van der Waals surface area (Å²) in [7, 11) is 0. The second-order valence-electron chi connectivity index (χ2n) is 6.26. The number of nitrogens with one attached hydrogen (secondary N) is 1. The van der Waals surface area contributed by atoms with Crippen LogP contribution in [0.25, 0.3) is 0 Å². The molecule has 2 atom stereocenters. The highest BCUT2D eigenvalue weighted by molar-refractivity contribution is 7.12. The van der Waals surface area contributed by atoms with Gasteiger partial charge in [0, 0.05) is 18.7 Å². The van der Waals surface area contributed by atoms with Crippen molar-refractivity contribution in [1.29, 1.82) is 0 Å². The number of carboxylic acids is 1. The summed E-state index contributed by atoms with van der Waals surface area (Å²) in [5.74, 6) is -2.14. The molecule has 0 bridgehead atoms. The van der Waals surface area contributed by atoms with Gasteiger partial charge in [-0.25, -0.2) is 0 Å². The van der Waals surface area contributed by atoms with Gasteiger partial charge >= 0.3 is 5.97 Å². The van der Waals surface area contributed by atoms with Gasteiger partial charge in [-0.1, -0.05) is 24.6 Å². The minimum absolute atomic E-state index is 0.109. The highest BCUT2D eigenvalue weighted by atomic mass is 35.5. The molecule has 136 valence electrons. The summed E-state index contributed by atoms with van der Waals surface area (Å²) in [4.78, 5) is 38.2. The van der Waals surface area contributed by atoms with Crippen molar-refractivity contribution in [3.63, 3.8) is 0 Å². The first-order chi connectivity index (χ1) is 12.4. The lowest BCUT2D eigenvalue weighted by Crippen LogP contribution is -2.30. The van der Waals surface area contributed by atoms with E-state index in [4.69, 9.17) is 11.6 Å². The van der Waals surface area contributed by atoms with E-state index in [9.17, 15) is 19.5 Å². The molecule has 0 spiro atoms. The number of benzene rings is 1. The van der Waals surface area contributed by atoms with Gasteiger partial charge in [0.25, 0.3) is 11.8 Å². The molecular formula is C18H17ClN2O4S. The quantitative estimate of drug-likeness (QED) is 0.834. The van der Waals surface area contributed by atoms with E-state index in [1.54, 1.807) is 29.6 Å². The number of halogens is 1. The number of hydrogen-bond donors (Lipinski definition) is 2.